The zero-order valence-corrected chi connectivity index (χ0v) is 12.3. The van der Waals surface area contributed by atoms with Crippen LogP contribution in [0.2, 0.25) is 0 Å². The van der Waals surface area contributed by atoms with Gasteiger partial charge >= 0.3 is 6.18 Å². The minimum absolute atomic E-state index is 0.0103. The Hall–Kier alpha value is -1.23. The number of benzene rings is 1. The van der Waals surface area contributed by atoms with Crippen molar-refractivity contribution in [3.63, 3.8) is 0 Å². The van der Waals surface area contributed by atoms with E-state index in [0.29, 0.717) is 5.92 Å². The second-order valence-corrected chi connectivity index (χ2v) is 5.60. The number of nitrogens with zero attached hydrogens (tertiary/aromatic N) is 1. The van der Waals surface area contributed by atoms with Gasteiger partial charge in [-0.1, -0.05) is 19.9 Å². The van der Waals surface area contributed by atoms with Crippen molar-refractivity contribution in [1.29, 1.82) is 0 Å². The average Bonchev–Trinajstić information content (AvgIpc) is 2.35. The molecule has 20 heavy (non-hydrogen) atoms. The Labute approximate surface area is 118 Å². The smallest absolute Gasteiger partial charge is 0.392 e. The lowest BCUT2D eigenvalue weighted by molar-refractivity contribution is -0.137. The van der Waals surface area contributed by atoms with Crippen LogP contribution in [-0.2, 0) is 12.8 Å². The van der Waals surface area contributed by atoms with Crippen molar-refractivity contribution in [2.75, 3.05) is 11.9 Å². The van der Waals surface area contributed by atoms with Gasteiger partial charge in [0.2, 0.25) is 0 Å². The molecule has 0 radical (unpaired) electrons. The molecule has 2 nitrogen and oxygen atoms in total. The van der Waals surface area contributed by atoms with Gasteiger partial charge in [-0.05, 0) is 37.0 Å². The van der Waals surface area contributed by atoms with E-state index in [4.69, 9.17) is 5.11 Å². The fourth-order valence-electron chi connectivity index (χ4n) is 2.29. The highest BCUT2D eigenvalue weighted by Crippen LogP contribution is 2.37. The Kier molecular flexibility index (Phi) is 5.45. The fraction of sp³-hybridized carbons (Fsp3) is 0.600. The minimum Gasteiger partial charge on any atom is -0.392 e. The molecule has 1 atom stereocenters. The molecule has 0 aliphatic heterocycles. The van der Waals surface area contributed by atoms with Gasteiger partial charge < -0.3 is 10.0 Å². The highest BCUT2D eigenvalue weighted by molar-refractivity contribution is 5.56. The van der Waals surface area contributed by atoms with Gasteiger partial charge in [0.25, 0.3) is 0 Å². The molecule has 0 saturated heterocycles. The van der Waals surface area contributed by atoms with Gasteiger partial charge in [0.1, 0.15) is 0 Å². The van der Waals surface area contributed by atoms with E-state index in [2.05, 4.69) is 0 Å². The second-order valence-electron chi connectivity index (χ2n) is 5.60. The fourth-order valence-corrected chi connectivity index (χ4v) is 2.29. The molecule has 0 aliphatic carbocycles. The van der Waals surface area contributed by atoms with E-state index in [-0.39, 0.29) is 17.3 Å². The molecule has 0 amide bonds. The summed E-state index contributed by atoms with van der Waals surface area (Å²) in [6.07, 6.45) is -3.61. The number of anilines is 1. The lowest BCUT2D eigenvalue weighted by Gasteiger charge is -2.31. The molecule has 5 heteroatoms. The lowest BCUT2D eigenvalue weighted by atomic mass is 10.0. The molecular formula is C15H22F3NO. The van der Waals surface area contributed by atoms with Crippen molar-refractivity contribution in [3.05, 3.63) is 29.3 Å². The first-order chi connectivity index (χ1) is 9.16. The molecule has 0 heterocycles. The standard InChI is InChI=1S/C15H22F3NO/c1-10(2)7-11(3)19(4)14-6-5-12(9-20)8-13(14)15(16,17)18/h5-6,8,10-11,20H,7,9H2,1-4H3. The van der Waals surface area contributed by atoms with Crippen molar-refractivity contribution in [2.24, 2.45) is 5.92 Å². The predicted octanol–water partition coefficient (Wildman–Crippen LogP) is 4.07. The third-order valence-corrected chi connectivity index (χ3v) is 3.40. The number of halogens is 3. The van der Waals surface area contributed by atoms with E-state index < -0.39 is 18.3 Å². The maximum absolute atomic E-state index is 13.1. The summed E-state index contributed by atoms with van der Waals surface area (Å²) in [6, 6.07) is 4.00. The largest absolute Gasteiger partial charge is 0.418 e. The normalized spacial score (nSPS) is 13.7. The van der Waals surface area contributed by atoms with Crippen molar-refractivity contribution >= 4 is 5.69 Å². The van der Waals surface area contributed by atoms with Gasteiger partial charge in [-0.2, -0.15) is 13.2 Å². The van der Waals surface area contributed by atoms with Crippen molar-refractivity contribution in [1.82, 2.24) is 0 Å². The maximum Gasteiger partial charge on any atom is 0.418 e. The molecule has 1 aromatic rings. The lowest BCUT2D eigenvalue weighted by Crippen LogP contribution is -2.31. The number of aliphatic hydroxyl groups excluding tert-OH is 1. The summed E-state index contributed by atoms with van der Waals surface area (Å²) in [6.45, 7) is 5.61. The molecule has 114 valence electrons. The van der Waals surface area contributed by atoms with Gasteiger partial charge in [0.05, 0.1) is 12.2 Å². The third kappa shape index (κ3) is 4.13. The second kappa shape index (κ2) is 6.48. The van der Waals surface area contributed by atoms with E-state index in [1.807, 2.05) is 20.8 Å². The predicted molar refractivity (Wildman–Crippen MR) is 74.7 cm³/mol. The zero-order chi connectivity index (χ0) is 15.5. The van der Waals surface area contributed by atoms with Crippen LogP contribution in [0.25, 0.3) is 0 Å². The number of alkyl halides is 3. The summed E-state index contributed by atoms with van der Waals surface area (Å²) in [5, 5.41) is 9.00. The van der Waals surface area contributed by atoms with Crippen LogP contribution in [0, 0.1) is 5.92 Å². The molecule has 1 aromatic carbocycles. The topological polar surface area (TPSA) is 23.5 Å². The number of aliphatic hydroxyl groups is 1. The highest BCUT2D eigenvalue weighted by Gasteiger charge is 2.35. The molecule has 0 saturated carbocycles. The molecule has 0 bridgehead atoms. The van der Waals surface area contributed by atoms with E-state index in [1.54, 1.807) is 11.9 Å². The Bertz CT molecular complexity index is 443. The Morgan fingerprint density at radius 1 is 1.20 bits per heavy atom. The Balaban J connectivity index is 3.16. The van der Waals surface area contributed by atoms with Gasteiger partial charge in [-0.3, -0.25) is 0 Å². The van der Waals surface area contributed by atoms with Crippen molar-refractivity contribution < 1.29 is 18.3 Å². The summed E-state index contributed by atoms with van der Waals surface area (Å²) in [5.74, 6) is 0.415. The Morgan fingerprint density at radius 2 is 1.80 bits per heavy atom. The van der Waals surface area contributed by atoms with Gasteiger partial charge in [-0.15, -0.1) is 0 Å². The summed E-state index contributed by atoms with van der Waals surface area (Å²) in [5.41, 5.74) is -0.268. The van der Waals surface area contributed by atoms with E-state index in [0.717, 1.165) is 12.5 Å². The quantitative estimate of drug-likeness (QED) is 0.883. The molecule has 0 fully saturated rings. The highest BCUT2D eigenvalue weighted by atomic mass is 19.4. The first-order valence-corrected chi connectivity index (χ1v) is 6.70. The van der Waals surface area contributed by atoms with Gasteiger partial charge in [0.15, 0.2) is 0 Å². The molecule has 0 aromatic heterocycles. The number of hydrogen-bond donors (Lipinski definition) is 1. The maximum atomic E-state index is 13.1. The van der Waals surface area contributed by atoms with Crippen LogP contribution in [0.5, 0.6) is 0 Å². The molecule has 0 aliphatic rings. The summed E-state index contributed by atoms with van der Waals surface area (Å²) in [7, 11) is 1.68. The summed E-state index contributed by atoms with van der Waals surface area (Å²) in [4.78, 5) is 1.66. The molecule has 0 spiro atoms. The van der Waals surface area contributed by atoms with Crippen molar-refractivity contribution in [2.45, 2.75) is 46.0 Å². The molecule has 1 N–H and O–H groups in total. The van der Waals surface area contributed by atoms with Gasteiger partial charge in [-0.25, -0.2) is 0 Å². The molecule has 1 rings (SSSR count). The zero-order valence-electron chi connectivity index (χ0n) is 12.3. The van der Waals surface area contributed by atoms with E-state index in [9.17, 15) is 13.2 Å². The van der Waals surface area contributed by atoms with Crippen LogP contribution >= 0.6 is 0 Å². The van der Waals surface area contributed by atoms with Crippen LogP contribution in [0.4, 0.5) is 18.9 Å². The van der Waals surface area contributed by atoms with Crippen molar-refractivity contribution in [3.8, 4) is 0 Å². The van der Waals surface area contributed by atoms with Gasteiger partial charge in [0, 0.05) is 18.8 Å². The van der Waals surface area contributed by atoms with Crippen LogP contribution in [0.3, 0.4) is 0 Å². The SMILES string of the molecule is CC(C)CC(C)N(C)c1ccc(CO)cc1C(F)(F)F. The minimum atomic E-state index is -4.42. The number of rotatable bonds is 5. The van der Waals surface area contributed by atoms with Crippen LogP contribution < -0.4 is 4.90 Å². The first-order valence-electron chi connectivity index (χ1n) is 6.70. The average molecular weight is 289 g/mol. The Morgan fingerprint density at radius 3 is 2.25 bits per heavy atom. The van der Waals surface area contributed by atoms with Crippen LogP contribution in [0.1, 0.15) is 38.3 Å². The molecule has 1 unspecified atom stereocenters. The van der Waals surface area contributed by atoms with E-state index >= 15 is 0 Å². The number of hydrogen-bond acceptors (Lipinski definition) is 2. The van der Waals surface area contributed by atoms with Crippen LogP contribution in [-0.4, -0.2) is 18.2 Å². The summed E-state index contributed by atoms with van der Waals surface area (Å²) >= 11 is 0. The van der Waals surface area contributed by atoms with Crippen LogP contribution in [0.15, 0.2) is 18.2 Å². The molecular weight excluding hydrogens is 267 g/mol. The third-order valence-electron chi connectivity index (χ3n) is 3.40. The monoisotopic (exact) mass is 289 g/mol. The summed E-state index contributed by atoms with van der Waals surface area (Å²) < 4.78 is 39.4. The first kappa shape index (κ1) is 16.8. The van der Waals surface area contributed by atoms with E-state index in [1.165, 1.54) is 12.1 Å².